The number of carbonyl (C=O) groups is 1. The van der Waals surface area contributed by atoms with Crippen molar-refractivity contribution in [3.63, 3.8) is 0 Å². The third-order valence-electron chi connectivity index (χ3n) is 2.72. The van der Waals surface area contributed by atoms with Gasteiger partial charge in [-0.15, -0.1) is 0 Å². The van der Waals surface area contributed by atoms with Crippen molar-refractivity contribution in [3.05, 3.63) is 6.92 Å². The summed E-state index contributed by atoms with van der Waals surface area (Å²) in [6.07, 6.45) is 5.40. The summed E-state index contributed by atoms with van der Waals surface area (Å²) in [5.41, 5.74) is 0. The van der Waals surface area contributed by atoms with Crippen LogP contribution in [0.5, 0.6) is 0 Å². The minimum Gasteiger partial charge on any atom is -0.481 e. The highest BCUT2D eigenvalue weighted by atomic mass is 16.5. The van der Waals surface area contributed by atoms with E-state index < -0.39 is 5.97 Å². The van der Waals surface area contributed by atoms with E-state index in [1.165, 1.54) is 0 Å². The second kappa shape index (κ2) is 6.02. The minimum absolute atomic E-state index is 0.181. The summed E-state index contributed by atoms with van der Waals surface area (Å²) < 4.78 is 5.43. The first-order chi connectivity index (χ1) is 6.74. The van der Waals surface area contributed by atoms with Gasteiger partial charge in [-0.25, -0.2) is 0 Å². The summed E-state index contributed by atoms with van der Waals surface area (Å²) >= 11 is 0. The Morgan fingerprint density at radius 3 is 2.93 bits per heavy atom. The molecule has 2 unspecified atom stereocenters. The van der Waals surface area contributed by atoms with Crippen LogP contribution in [0.4, 0.5) is 0 Å². The van der Waals surface area contributed by atoms with E-state index in [-0.39, 0.29) is 12.0 Å². The van der Waals surface area contributed by atoms with Crippen molar-refractivity contribution in [2.45, 2.75) is 44.6 Å². The number of ether oxygens (including phenoxy) is 1. The lowest BCUT2D eigenvalue weighted by atomic mass is 9.95. The summed E-state index contributed by atoms with van der Waals surface area (Å²) in [5.74, 6) is -0.922. The Morgan fingerprint density at radius 2 is 2.43 bits per heavy atom. The number of carboxylic acids is 1. The summed E-state index contributed by atoms with van der Waals surface area (Å²) in [7, 11) is 0. The molecule has 1 fully saturated rings. The van der Waals surface area contributed by atoms with Crippen LogP contribution >= 0.6 is 0 Å². The molecule has 2 atom stereocenters. The molecule has 3 nitrogen and oxygen atoms in total. The molecule has 0 aromatic carbocycles. The molecular formula is C11H19O3. The topological polar surface area (TPSA) is 46.5 Å². The molecule has 1 rings (SSSR count). The molecular weight excluding hydrogens is 180 g/mol. The van der Waals surface area contributed by atoms with Crippen LogP contribution in [0.15, 0.2) is 0 Å². The van der Waals surface area contributed by atoms with E-state index in [9.17, 15) is 4.79 Å². The van der Waals surface area contributed by atoms with Crippen LogP contribution in [0.1, 0.15) is 38.5 Å². The number of unbranched alkanes of at least 4 members (excludes halogenated alkanes) is 1. The average Bonchev–Trinajstić information content (AvgIpc) is 2.64. The average molecular weight is 199 g/mol. The maximum Gasteiger partial charge on any atom is 0.306 e. The van der Waals surface area contributed by atoms with Gasteiger partial charge in [-0.05, 0) is 25.7 Å². The molecule has 1 N–H and O–H groups in total. The molecule has 0 aliphatic carbocycles. The lowest BCUT2D eigenvalue weighted by molar-refractivity contribution is -0.143. The lowest BCUT2D eigenvalue weighted by Gasteiger charge is -2.15. The SMILES string of the molecule is [CH2]CCCC(CC1CCCO1)C(=O)O. The van der Waals surface area contributed by atoms with Crippen molar-refractivity contribution in [2.24, 2.45) is 5.92 Å². The van der Waals surface area contributed by atoms with Crippen LogP contribution in [-0.4, -0.2) is 23.8 Å². The van der Waals surface area contributed by atoms with Crippen LogP contribution in [-0.2, 0) is 9.53 Å². The summed E-state index contributed by atoms with van der Waals surface area (Å²) in [6, 6.07) is 0. The van der Waals surface area contributed by atoms with E-state index in [0.717, 1.165) is 38.7 Å². The van der Waals surface area contributed by atoms with Gasteiger partial charge in [-0.1, -0.05) is 19.8 Å². The third kappa shape index (κ3) is 3.66. The molecule has 14 heavy (non-hydrogen) atoms. The van der Waals surface area contributed by atoms with E-state index in [0.29, 0.717) is 6.42 Å². The van der Waals surface area contributed by atoms with Crippen LogP contribution < -0.4 is 0 Å². The summed E-state index contributed by atoms with van der Waals surface area (Å²) in [4.78, 5) is 10.9. The van der Waals surface area contributed by atoms with Crippen LogP contribution in [0.25, 0.3) is 0 Å². The predicted molar refractivity (Wildman–Crippen MR) is 53.9 cm³/mol. The lowest BCUT2D eigenvalue weighted by Crippen LogP contribution is -2.20. The van der Waals surface area contributed by atoms with Gasteiger partial charge in [-0.3, -0.25) is 4.79 Å². The van der Waals surface area contributed by atoms with Crippen LogP contribution in [0, 0.1) is 12.8 Å². The molecule has 1 heterocycles. The van der Waals surface area contributed by atoms with Crippen LogP contribution in [0.3, 0.4) is 0 Å². The monoisotopic (exact) mass is 199 g/mol. The van der Waals surface area contributed by atoms with Crippen LogP contribution in [0.2, 0.25) is 0 Å². The maximum absolute atomic E-state index is 10.9. The standard InChI is InChI=1S/C11H19O3/c1-2-3-5-9(11(12)13)8-10-6-4-7-14-10/h9-10H,1-8H2,(H,12,13). The van der Waals surface area contributed by atoms with E-state index in [4.69, 9.17) is 9.84 Å². The van der Waals surface area contributed by atoms with Gasteiger partial charge in [0.05, 0.1) is 12.0 Å². The van der Waals surface area contributed by atoms with Gasteiger partial charge in [0.2, 0.25) is 0 Å². The van der Waals surface area contributed by atoms with E-state index >= 15 is 0 Å². The molecule has 1 aliphatic heterocycles. The van der Waals surface area contributed by atoms with Crippen molar-refractivity contribution >= 4 is 5.97 Å². The van der Waals surface area contributed by atoms with Gasteiger partial charge in [0.15, 0.2) is 0 Å². The molecule has 0 aromatic heterocycles. The fourth-order valence-corrected chi connectivity index (χ4v) is 1.88. The molecule has 81 valence electrons. The number of carboxylic acid groups (broad SMARTS) is 1. The molecule has 3 heteroatoms. The zero-order valence-electron chi connectivity index (χ0n) is 8.58. The summed E-state index contributed by atoms with van der Waals surface area (Å²) in [5, 5.41) is 8.98. The molecule has 1 saturated heterocycles. The predicted octanol–water partition coefficient (Wildman–Crippen LogP) is 2.26. The number of aliphatic carboxylic acids is 1. The molecule has 0 aromatic rings. The van der Waals surface area contributed by atoms with Gasteiger partial charge in [0, 0.05) is 6.61 Å². The molecule has 0 bridgehead atoms. The first-order valence-corrected chi connectivity index (χ1v) is 5.37. The second-order valence-corrected chi connectivity index (χ2v) is 3.90. The van der Waals surface area contributed by atoms with Crippen molar-refractivity contribution < 1.29 is 14.6 Å². The Hall–Kier alpha value is -0.570. The normalized spacial score (nSPS) is 23.6. The first-order valence-electron chi connectivity index (χ1n) is 5.37. The Labute approximate surface area is 85.5 Å². The van der Waals surface area contributed by atoms with E-state index in [2.05, 4.69) is 6.92 Å². The van der Waals surface area contributed by atoms with Crippen molar-refractivity contribution in [1.29, 1.82) is 0 Å². The quantitative estimate of drug-likeness (QED) is 0.713. The molecule has 0 saturated carbocycles. The van der Waals surface area contributed by atoms with Crippen molar-refractivity contribution in [2.75, 3.05) is 6.61 Å². The van der Waals surface area contributed by atoms with E-state index in [1.54, 1.807) is 0 Å². The van der Waals surface area contributed by atoms with Gasteiger partial charge in [-0.2, -0.15) is 0 Å². The van der Waals surface area contributed by atoms with E-state index in [1.807, 2.05) is 0 Å². The molecule has 0 spiro atoms. The molecule has 1 aliphatic rings. The fourth-order valence-electron chi connectivity index (χ4n) is 1.88. The molecule has 1 radical (unpaired) electrons. The fraction of sp³-hybridized carbons (Fsp3) is 0.818. The number of hydrogen-bond acceptors (Lipinski definition) is 2. The van der Waals surface area contributed by atoms with Gasteiger partial charge >= 0.3 is 5.97 Å². The number of rotatable bonds is 6. The van der Waals surface area contributed by atoms with Gasteiger partial charge in [0.25, 0.3) is 0 Å². The van der Waals surface area contributed by atoms with Crippen molar-refractivity contribution in [1.82, 2.24) is 0 Å². The number of hydrogen-bond donors (Lipinski definition) is 1. The molecule has 0 amide bonds. The smallest absolute Gasteiger partial charge is 0.306 e. The minimum atomic E-state index is -0.686. The Morgan fingerprint density at radius 1 is 1.64 bits per heavy atom. The second-order valence-electron chi connectivity index (χ2n) is 3.90. The zero-order chi connectivity index (χ0) is 10.4. The third-order valence-corrected chi connectivity index (χ3v) is 2.72. The van der Waals surface area contributed by atoms with Gasteiger partial charge in [0.1, 0.15) is 0 Å². The van der Waals surface area contributed by atoms with Gasteiger partial charge < -0.3 is 9.84 Å². The zero-order valence-corrected chi connectivity index (χ0v) is 8.58. The largest absolute Gasteiger partial charge is 0.481 e. The highest BCUT2D eigenvalue weighted by Gasteiger charge is 2.24. The highest BCUT2D eigenvalue weighted by molar-refractivity contribution is 5.69. The Kier molecular flexibility index (Phi) is 4.94. The Bertz CT molecular complexity index is 173. The summed E-state index contributed by atoms with van der Waals surface area (Å²) in [6.45, 7) is 4.52. The van der Waals surface area contributed by atoms with Crippen molar-refractivity contribution in [3.8, 4) is 0 Å². The highest BCUT2D eigenvalue weighted by Crippen LogP contribution is 2.23. The maximum atomic E-state index is 10.9. The Balaban J connectivity index is 2.30. The first kappa shape index (κ1) is 11.5.